The van der Waals surface area contributed by atoms with Crippen LogP contribution in [0.25, 0.3) is 0 Å². The smallest absolute Gasteiger partial charge is 0.148 e. The third-order valence-electron chi connectivity index (χ3n) is 1.88. The van der Waals surface area contributed by atoms with Crippen LogP contribution in [-0.4, -0.2) is 6.61 Å². The van der Waals surface area contributed by atoms with Crippen LogP contribution in [0.1, 0.15) is 25.3 Å². The van der Waals surface area contributed by atoms with E-state index in [0.29, 0.717) is 10.9 Å². The quantitative estimate of drug-likeness (QED) is 0.692. The van der Waals surface area contributed by atoms with Gasteiger partial charge < -0.3 is 4.74 Å². The zero-order valence-corrected chi connectivity index (χ0v) is 9.14. The van der Waals surface area contributed by atoms with Crippen molar-refractivity contribution in [3.8, 4) is 18.1 Å². The molecular weight excluding hydrogens is 196 g/mol. The van der Waals surface area contributed by atoms with Gasteiger partial charge in [-0.1, -0.05) is 31.4 Å². The molecule has 0 aliphatic carbocycles. The minimum Gasteiger partial charge on any atom is -0.481 e. The van der Waals surface area contributed by atoms with Crippen LogP contribution in [0, 0.1) is 12.3 Å². The van der Waals surface area contributed by atoms with E-state index in [0.717, 1.165) is 11.3 Å². The SMILES string of the molecule is C#CCOc1cc(Cl)cc(C(C)C)c1. The molecule has 0 amide bonds. The Morgan fingerprint density at radius 1 is 1.43 bits per heavy atom. The first-order chi connectivity index (χ1) is 6.63. The van der Waals surface area contributed by atoms with Gasteiger partial charge in [-0.15, -0.1) is 6.42 Å². The molecule has 1 aromatic carbocycles. The maximum atomic E-state index is 5.94. The molecule has 0 saturated heterocycles. The van der Waals surface area contributed by atoms with E-state index in [1.54, 1.807) is 6.07 Å². The van der Waals surface area contributed by atoms with Crippen LogP contribution in [0.15, 0.2) is 18.2 Å². The lowest BCUT2D eigenvalue weighted by molar-refractivity contribution is 0.370. The van der Waals surface area contributed by atoms with E-state index in [-0.39, 0.29) is 6.61 Å². The van der Waals surface area contributed by atoms with Crippen molar-refractivity contribution in [2.45, 2.75) is 19.8 Å². The Kier molecular flexibility index (Phi) is 3.85. The molecule has 0 fully saturated rings. The summed E-state index contributed by atoms with van der Waals surface area (Å²) in [5.74, 6) is 3.59. The van der Waals surface area contributed by atoms with Gasteiger partial charge in [0.05, 0.1) is 0 Å². The standard InChI is InChI=1S/C12H13ClO/c1-4-5-14-12-7-10(9(2)3)6-11(13)8-12/h1,6-9H,5H2,2-3H3. The molecule has 0 bridgehead atoms. The molecule has 1 aromatic rings. The summed E-state index contributed by atoms with van der Waals surface area (Å²) >= 11 is 5.94. The van der Waals surface area contributed by atoms with Gasteiger partial charge in [-0.05, 0) is 29.7 Å². The average molecular weight is 209 g/mol. The van der Waals surface area contributed by atoms with E-state index >= 15 is 0 Å². The molecule has 0 spiro atoms. The Balaban J connectivity index is 2.90. The second-order valence-electron chi connectivity index (χ2n) is 3.37. The summed E-state index contributed by atoms with van der Waals surface area (Å²) in [4.78, 5) is 0. The zero-order valence-electron chi connectivity index (χ0n) is 8.38. The van der Waals surface area contributed by atoms with Gasteiger partial charge in [0.2, 0.25) is 0 Å². The van der Waals surface area contributed by atoms with Crippen LogP contribution in [0.2, 0.25) is 5.02 Å². The summed E-state index contributed by atoms with van der Waals surface area (Å²) in [6.45, 7) is 4.49. The second-order valence-corrected chi connectivity index (χ2v) is 3.80. The predicted molar refractivity (Wildman–Crippen MR) is 59.9 cm³/mol. The molecule has 0 aliphatic heterocycles. The molecule has 0 radical (unpaired) electrons. The summed E-state index contributed by atoms with van der Waals surface area (Å²) in [5, 5.41) is 0.684. The molecule has 74 valence electrons. The summed E-state index contributed by atoms with van der Waals surface area (Å²) in [7, 11) is 0. The van der Waals surface area contributed by atoms with Crippen LogP contribution in [0.5, 0.6) is 5.75 Å². The molecule has 0 aliphatic rings. The van der Waals surface area contributed by atoms with Crippen LogP contribution in [-0.2, 0) is 0 Å². The van der Waals surface area contributed by atoms with Crippen molar-refractivity contribution in [1.29, 1.82) is 0 Å². The van der Waals surface area contributed by atoms with Crippen molar-refractivity contribution in [1.82, 2.24) is 0 Å². The maximum absolute atomic E-state index is 5.94. The molecule has 2 heteroatoms. The van der Waals surface area contributed by atoms with Gasteiger partial charge in [0.15, 0.2) is 0 Å². The highest BCUT2D eigenvalue weighted by Gasteiger charge is 2.03. The first kappa shape index (κ1) is 10.9. The first-order valence-corrected chi connectivity index (χ1v) is 4.88. The van der Waals surface area contributed by atoms with Crippen molar-refractivity contribution < 1.29 is 4.74 Å². The van der Waals surface area contributed by atoms with E-state index in [9.17, 15) is 0 Å². The summed E-state index contributed by atoms with van der Waals surface area (Å²) in [6, 6.07) is 5.67. The van der Waals surface area contributed by atoms with Crippen LogP contribution in [0.4, 0.5) is 0 Å². The van der Waals surface area contributed by atoms with E-state index in [1.807, 2.05) is 12.1 Å². The van der Waals surface area contributed by atoms with Gasteiger partial charge in [0.25, 0.3) is 0 Å². The highest BCUT2D eigenvalue weighted by molar-refractivity contribution is 6.30. The maximum Gasteiger partial charge on any atom is 0.148 e. The number of halogens is 1. The number of benzene rings is 1. The Morgan fingerprint density at radius 3 is 2.71 bits per heavy atom. The minimum absolute atomic E-state index is 0.276. The highest BCUT2D eigenvalue weighted by atomic mass is 35.5. The van der Waals surface area contributed by atoms with Crippen molar-refractivity contribution in [2.24, 2.45) is 0 Å². The second kappa shape index (κ2) is 4.93. The van der Waals surface area contributed by atoms with Crippen molar-refractivity contribution >= 4 is 11.6 Å². The van der Waals surface area contributed by atoms with Gasteiger partial charge in [-0.25, -0.2) is 0 Å². The van der Waals surface area contributed by atoms with E-state index in [1.165, 1.54) is 0 Å². The van der Waals surface area contributed by atoms with E-state index in [2.05, 4.69) is 19.8 Å². The Labute approximate surface area is 90.0 Å². The fourth-order valence-corrected chi connectivity index (χ4v) is 1.36. The average Bonchev–Trinajstić information content (AvgIpc) is 2.14. The molecule has 0 heterocycles. The number of terminal acetylenes is 1. The fourth-order valence-electron chi connectivity index (χ4n) is 1.13. The molecule has 0 aromatic heterocycles. The van der Waals surface area contributed by atoms with Gasteiger partial charge in [-0.2, -0.15) is 0 Å². The molecule has 1 nitrogen and oxygen atoms in total. The molecule has 0 N–H and O–H groups in total. The molecule has 14 heavy (non-hydrogen) atoms. The topological polar surface area (TPSA) is 9.23 Å². The van der Waals surface area contributed by atoms with E-state index in [4.69, 9.17) is 22.8 Å². The summed E-state index contributed by atoms with van der Waals surface area (Å²) in [6.07, 6.45) is 5.10. The number of hydrogen-bond donors (Lipinski definition) is 0. The van der Waals surface area contributed by atoms with E-state index < -0.39 is 0 Å². The van der Waals surface area contributed by atoms with Crippen molar-refractivity contribution in [3.63, 3.8) is 0 Å². The fraction of sp³-hybridized carbons (Fsp3) is 0.333. The Hall–Kier alpha value is -1.13. The normalized spacial score (nSPS) is 9.93. The summed E-state index contributed by atoms with van der Waals surface area (Å²) in [5.41, 5.74) is 1.16. The number of ether oxygens (including phenoxy) is 1. The molecular formula is C12H13ClO. The number of rotatable bonds is 3. The Morgan fingerprint density at radius 2 is 2.14 bits per heavy atom. The van der Waals surface area contributed by atoms with Gasteiger partial charge in [-0.3, -0.25) is 0 Å². The van der Waals surface area contributed by atoms with Crippen molar-refractivity contribution in [3.05, 3.63) is 28.8 Å². The summed E-state index contributed by atoms with van der Waals surface area (Å²) < 4.78 is 5.31. The first-order valence-electron chi connectivity index (χ1n) is 4.50. The van der Waals surface area contributed by atoms with Crippen LogP contribution < -0.4 is 4.74 Å². The van der Waals surface area contributed by atoms with Crippen LogP contribution in [0.3, 0.4) is 0 Å². The zero-order chi connectivity index (χ0) is 10.6. The van der Waals surface area contributed by atoms with Gasteiger partial charge in [0.1, 0.15) is 12.4 Å². The molecule has 0 atom stereocenters. The molecule has 1 rings (SSSR count). The molecule has 0 unspecified atom stereocenters. The third-order valence-corrected chi connectivity index (χ3v) is 2.10. The molecule has 0 saturated carbocycles. The lowest BCUT2D eigenvalue weighted by Gasteiger charge is -2.09. The predicted octanol–water partition coefficient (Wildman–Crippen LogP) is 3.48. The van der Waals surface area contributed by atoms with Crippen LogP contribution >= 0.6 is 11.6 Å². The Bertz CT molecular complexity index is 350. The minimum atomic E-state index is 0.276. The highest BCUT2D eigenvalue weighted by Crippen LogP contribution is 2.25. The third kappa shape index (κ3) is 2.97. The number of hydrogen-bond acceptors (Lipinski definition) is 1. The lowest BCUT2D eigenvalue weighted by atomic mass is 10.0. The lowest BCUT2D eigenvalue weighted by Crippen LogP contribution is -1.95. The van der Waals surface area contributed by atoms with Gasteiger partial charge in [0, 0.05) is 5.02 Å². The van der Waals surface area contributed by atoms with Crippen molar-refractivity contribution in [2.75, 3.05) is 6.61 Å². The monoisotopic (exact) mass is 208 g/mol. The largest absolute Gasteiger partial charge is 0.481 e. The van der Waals surface area contributed by atoms with Gasteiger partial charge >= 0.3 is 0 Å².